The molecule has 0 saturated carbocycles. The van der Waals surface area contributed by atoms with Gasteiger partial charge in [-0.05, 0) is 44.2 Å². The molecule has 2 unspecified atom stereocenters. The number of benzene rings is 1. The van der Waals surface area contributed by atoms with Gasteiger partial charge in [0.1, 0.15) is 0 Å². The van der Waals surface area contributed by atoms with Gasteiger partial charge in [-0.2, -0.15) is 0 Å². The fraction of sp³-hybridized carbons (Fsp3) is 0.389. The normalized spacial score (nSPS) is 26.4. The minimum atomic E-state index is 0.0139. The fourth-order valence-corrected chi connectivity index (χ4v) is 2.73. The van der Waals surface area contributed by atoms with E-state index in [1.54, 1.807) is 0 Å². The van der Waals surface area contributed by atoms with E-state index in [0.717, 1.165) is 30.7 Å². The lowest BCUT2D eigenvalue weighted by Crippen LogP contribution is -2.22. The summed E-state index contributed by atoms with van der Waals surface area (Å²) in [7, 11) is 0. The van der Waals surface area contributed by atoms with Crippen LogP contribution in [-0.2, 0) is 0 Å². The Kier molecular flexibility index (Phi) is 5.60. The van der Waals surface area contributed by atoms with Crippen molar-refractivity contribution in [1.29, 1.82) is 0 Å². The van der Waals surface area contributed by atoms with E-state index in [9.17, 15) is 0 Å². The minimum absolute atomic E-state index is 0.0139. The summed E-state index contributed by atoms with van der Waals surface area (Å²) in [5.74, 6) is 0.376. The second-order valence-electron chi connectivity index (χ2n) is 5.46. The van der Waals surface area contributed by atoms with Gasteiger partial charge in [0.15, 0.2) is 0 Å². The lowest BCUT2D eigenvalue weighted by molar-refractivity contribution is 0.741. The van der Waals surface area contributed by atoms with Gasteiger partial charge in [0, 0.05) is 5.71 Å². The summed E-state index contributed by atoms with van der Waals surface area (Å²) in [6.07, 6.45) is 9.52. The molecule has 0 fully saturated rings. The average Bonchev–Trinajstić information content (AvgIpc) is 2.47. The maximum absolute atomic E-state index is 6.61. The van der Waals surface area contributed by atoms with E-state index in [0.29, 0.717) is 5.92 Å². The van der Waals surface area contributed by atoms with Crippen LogP contribution in [0.4, 0.5) is 5.69 Å². The number of aliphatic imine (C=N–C) groups is 1. The summed E-state index contributed by atoms with van der Waals surface area (Å²) in [5, 5.41) is 0.0139. The van der Waals surface area contributed by atoms with Crippen molar-refractivity contribution in [2.45, 2.75) is 38.5 Å². The van der Waals surface area contributed by atoms with E-state index in [1.807, 2.05) is 30.3 Å². The molecule has 1 aliphatic carbocycles. The lowest BCUT2D eigenvalue weighted by Gasteiger charge is -2.19. The molecule has 1 nitrogen and oxygen atoms in total. The Morgan fingerprint density at radius 3 is 2.70 bits per heavy atom. The van der Waals surface area contributed by atoms with Gasteiger partial charge in [-0.3, -0.25) is 4.99 Å². The minimum Gasteiger partial charge on any atom is -0.256 e. The van der Waals surface area contributed by atoms with Crippen molar-refractivity contribution in [2.75, 3.05) is 0 Å². The van der Waals surface area contributed by atoms with Gasteiger partial charge in [0.25, 0.3) is 0 Å². The van der Waals surface area contributed by atoms with Crippen molar-refractivity contribution in [3.8, 4) is 0 Å². The van der Waals surface area contributed by atoms with Gasteiger partial charge < -0.3 is 0 Å². The third-order valence-corrected chi connectivity index (χ3v) is 4.08. The maximum Gasteiger partial charge on any atom is 0.0724 e. The summed E-state index contributed by atoms with van der Waals surface area (Å²) in [6, 6.07) is 10.1. The Morgan fingerprint density at radius 1 is 1.20 bits per heavy atom. The van der Waals surface area contributed by atoms with E-state index in [1.165, 1.54) is 5.57 Å². The second-order valence-corrected chi connectivity index (χ2v) is 5.98. The standard InChI is InChI=1S/C18H22ClN/c1-14-8-6-7-9-15(2)18(17(19)13-12-14)20-16-10-4-3-5-11-16/h3-8,10-11,15,17H,9,12-13H2,1-2H3. The van der Waals surface area contributed by atoms with Gasteiger partial charge in [-0.25, -0.2) is 0 Å². The molecule has 0 bridgehead atoms. The molecule has 0 radical (unpaired) electrons. The zero-order chi connectivity index (χ0) is 14.4. The van der Waals surface area contributed by atoms with Crippen LogP contribution in [0.5, 0.6) is 0 Å². The van der Waals surface area contributed by atoms with Crippen LogP contribution in [0.2, 0.25) is 0 Å². The Labute approximate surface area is 127 Å². The Hall–Kier alpha value is -1.34. The highest BCUT2D eigenvalue weighted by Gasteiger charge is 2.19. The molecule has 106 valence electrons. The number of hydrogen-bond donors (Lipinski definition) is 0. The highest BCUT2D eigenvalue weighted by atomic mass is 35.5. The van der Waals surface area contributed by atoms with Crippen molar-refractivity contribution in [3.05, 3.63) is 54.1 Å². The molecule has 0 amide bonds. The van der Waals surface area contributed by atoms with Gasteiger partial charge in [-0.1, -0.05) is 48.9 Å². The number of halogens is 1. The molecule has 1 aromatic rings. The molecule has 0 N–H and O–H groups in total. The van der Waals surface area contributed by atoms with Crippen LogP contribution in [0.25, 0.3) is 0 Å². The molecule has 1 aliphatic rings. The highest BCUT2D eigenvalue weighted by molar-refractivity contribution is 6.32. The predicted octanol–water partition coefficient (Wildman–Crippen LogP) is 5.69. The van der Waals surface area contributed by atoms with Crippen molar-refractivity contribution < 1.29 is 0 Å². The van der Waals surface area contributed by atoms with Crippen LogP contribution in [0.1, 0.15) is 33.1 Å². The molecule has 0 saturated heterocycles. The van der Waals surface area contributed by atoms with E-state index < -0.39 is 0 Å². The number of hydrogen-bond acceptors (Lipinski definition) is 1. The largest absolute Gasteiger partial charge is 0.256 e. The zero-order valence-electron chi connectivity index (χ0n) is 12.2. The van der Waals surface area contributed by atoms with Crippen molar-refractivity contribution in [3.63, 3.8) is 0 Å². The van der Waals surface area contributed by atoms with Crippen LogP contribution in [-0.4, -0.2) is 11.1 Å². The highest BCUT2D eigenvalue weighted by Crippen LogP contribution is 2.24. The molecule has 2 heteroatoms. The number of para-hydroxylation sites is 1. The van der Waals surface area contributed by atoms with Crippen LogP contribution in [0.3, 0.4) is 0 Å². The number of rotatable bonds is 1. The van der Waals surface area contributed by atoms with Gasteiger partial charge in [0.05, 0.1) is 11.1 Å². The molecule has 2 atom stereocenters. The lowest BCUT2D eigenvalue weighted by atomic mass is 9.94. The quantitative estimate of drug-likeness (QED) is 0.588. The predicted molar refractivity (Wildman–Crippen MR) is 89.1 cm³/mol. The maximum atomic E-state index is 6.61. The summed E-state index contributed by atoms with van der Waals surface area (Å²) >= 11 is 6.61. The Bertz CT molecular complexity index is 513. The van der Waals surface area contributed by atoms with E-state index >= 15 is 0 Å². The first-order valence-corrected chi connectivity index (χ1v) is 7.70. The summed E-state index contributed by atoms with van der Waals surface area (Å²) < 4.78 is 0. The number of alkyl halides is 1. The molecule has 2 rings (SSSR count). The van der Waals surface area contributed by atoms with Crippen LogP contribution >= 0.6 is 11.6 Å². The van der Waals surface area contributed by atoms with Crippen LogP contribution in [0.15, 0.2) is 59.1 Å². The first-order chi connectivity index (χ1) is 9.66. The molecular formula is C18H22ClN. The van der Waals surface area contributed by atoms with Crippen LogP contribution in [0, 0.1) is 5.92 Å². The molecule has 1 aromatic carbocycles. The SMILES string of the molecule is CC1=CC=CCC(C)C(=Nc2ccccc2)C(Cl)CC1. The molecule has 0 spiro atoms. The molecule has 0 aliphatic heterocycles. The van der Waals surface area contributed by atoms with Crippen molar-refractivity contribution in [2.24, 2.45) is 10.9 Å². The van der Waals surface area contributed by atoms with E-state index in [2.05, 4.69) is 32.1 Å². The number of allylic oxidation sites excluding steroid dienone is 4. The monoisotopic (exact) mass is 287 g/mol. The van der Waals surface area contributed by atoms with Gasteiger partial charge >= 0.3 is 0 Å². The second kappa shape index (κ2) is 7.44. The molecular weight excluding hydrogens is 266 g/mol. The average molecular weight is 288 g/mol. The first kappa shape index (κ1) is 15.1. The third kappa shape index (κ3) is 4.35. The van der Waals surface area contributed by atoms with Crippen molar-refractivity contribution >= 4 is 23.0 Å². The summed E-state index contributed by atoms with van der Waals surface area (Å²) in [4.78, 5) is 4.81. The third-order valence-electron chi connectivity index (χ3n) is 3.64. The summed E-state index contributed by atoms with van der Waals surface area (Å²) in [5.41, 5.74) is 3.48. The smallest absolute Gasteiger partial charge is 0.0724 e. The van der Waals surface area contributed by atoms with Crippen molar-refractivity contribution in [1.82, 2.24) is 0 Å². The topological polar surface area (TPSA) is 12.4 Å². The molecule has 0 heterocycles. The molecule has 0 aromatic heterocycles. The Balaban J connectivity index is 2.26. The Morgan fingerprint density at radius 2 is 1.95 bits per heavy atom. The fourth-order valence-electron chi connectivity index (χ4n) is 2.36. The van der Waals surface area contributed by atoms with Gasteiger partial charge in [0.2, 0.25) is 0 Å². The zero-order valence-corrected chi connectivity index (χ0v) is 13.0. The summed E-state index contributed by atoms with van der Waals surface area (Å²) in [6.45, 7) is 4.37. The van der Waals surface area contributed by atoms with Crippen LogP contribution < -0.4 is 0 Å². The first-order valence-electron chi connectivity index (χ1n) is 7.26. The van der Waals surface area contributed by atoms with E-state index in [-0.39, 0.29) is 5.38 Å². The van der Waals surface area contributed by atoms with E-state index in [4.69, 9.17) is 16.6 Å². The number of nitrogens with zero attached hydrogens (tertiary/aromatic N) is 1. The molecule has 20 heavy (non-hydrogen) atoms. The van der Waals surface area contributed by atoms with Gasteiger partial charge in [-0.15, -0.1) is 11.6 Å².